The van der Waals surface area contributed by atoms with Crippen LogP contribution in [0.4, 0.5) is 0 Å². The van der Waals surface area contributed by atoms with Gasteiger partial charge in [0.1, 0.15) is 0 Å². The zero-order chi connectivity index (χ0) is 15.8. The van der Waals surface area contributed by atoms with Crippen LogP contribution in [0.5, 0.6) is 0 Å². The largest absolute Gasteiger partial charge is 0.342 e. The minimum absolute atomic E-state index is 0.267. The molecule has 0 rings (SSSR count). The molecule has 20 heavy (non-hydrogen) atoms. The molecular formula is C14H30NO4P. The minimum Gasteiger partial charge on any atom is -0.342 e. The average Bonchev–Trinajstić information content (AvgIpc) is 2.39. The minimum atomic E-state index is -4.49. The number of unbranched alkanes of at least 4 members (excludes halogenated alkanes) is 2. The van der Waals surface area contributed by atoms with E-state index in [9.17, 15) is 19.1 Å². The highest BCUT2D eigenvalue weighted by Crippen LogP contribution is 2.56. The quantitative estimate of drug-likeness (QED) is 0.608. The maximum Gasteiger partial charge on any atom is 0.341 e. The van der Waals surface area contributed by atoms with Gasteiger partial charge in [0.25, 0.3) is 0 Å². The van der Waals surface area contributed by atoms with E-state index in [1.807, 2.05) is 27.7 Å². The molecule has 0 spiro atoms. The van der Waals surface area contributed by atoms with E-state index in [2.05, 4.69) is 0 Å². The molecule has 0 fully saturated rings. The number of hydrogen-bond donors (Lipinski definition) is 2. The summed E-state index contributed by atoms with van der Waals surface area (Å²) in [5, 5.41) is -1.52. The standard InChI is InChI=1S/C14H30NO4P/c1-5-9-11-14(12-10-6-2,20(17,18)19)13(16)15(7-3)8-4/h5-12H2,1-4H3,(H2,17,18,19). The van der Waals surface area contributed by atoms with Gasteiger partial charge in [0, 0.05) is 13.1 Å². The van der Waals surface area contributed by atoms with Crippen LogP contribution in [0, 0.1) is 0 Å². The Labute approximate surface area is 122 Å². The van der Waals surface area contributed by atoms with E-state index >= 15 is 0 Å². The van der Waals surface area contributed by atoms with Crippen LogP contribution in [0.25, 0.3) is 0 Å². The Bertz CT molecular complexity index is 328. The van der Waals surface area contributed by atoms with Crippen LogP contribution in [0.15, 0.2) is 0 Å². The molecule has 0 heterocycles. The molecular weight excluding hydrogens is 277 g/mol. The first-order valence-corrected chi connectivity index (χ1v) is 9.26. The van der Waals surface area contributed by atoms with E-state index in [4.69, 9.17) is 0 Å². The van der Waals surface area contributed by atoms with Crippen molar-refractivity contribution < 1.29 is 19.1 Å². The highest BCUT2D eigenvalue weighted by Gasteiger charge is 2.53. The molecule has 0 aromatic rings. The molecule has 0 saturated carbocycles. The second-order valence-electron chi connectivity index (χ2n) is 5.26. The van der Waals surface area contributed by atoms with E-state index < -0.39 is 12.8 Å². The van der Waals surface area contributed by atoms with Crippen LogP contribution >= 0.6 is 7.60 Å². The second kappa shape index (κ2) is 8.81. The summed E-state index contributed by atoms with van der Waals surface area (Å²) in [6, 6.07) is 0. The second-order valence-corrected chi connectivity index (χ2v) is 7.20. The lowest BCUT2D eigenvalue weighted by Crippen LogP contribution is -2.48. The van der Waals surface area contributed by atoms with Crippen molar-refractivity contribution in [3.8, 4) is 0 Å². The van der Waals surface area contributed by atoms with E-state index in [1.54, 1.807) is 4.90 Å². The molecule has 0 bridgehead atoms. The summed E-state index contributed by atoms with van der Waals surface area (Å²) in [6.07, 6.45) is 3.48. The normalized spacial score (nSPS) is 12.5. The summed E-state index contributed by atoms with van der Waals surface area (Å²) >= 11 is 0. The van der Waals surface area contributed by atoms with E-state index in [1.165, 1.54) is 0 Å². The Morgan fingerprint density at radius 1 is 1.00 bits per heavy atom. The van der Waals surface area contributed by atoms with E-state index in [0.29, 0.717) is 25.9 Å². The van der Waals surface area contributed by atoms with Crippen molar-refractivity contribution in [3.63, 3.8) is 0 Å². The highest BCUT2D eigenvalue weighted by molar-refractivity contribution is 7.54. The molecule has 120 valence electrons. The summed E-state index contributed by atoms with van der Waals surface area (Å²) in [6.45, 7) is 8.57. The van der Waals surface area contributed by atoms with Crippen LogP contribution in [0.1, 0.15) is 66.2 Å². The van der Waals surface area contributed by atoms with Gasteiger partial charge in [-0.05, 0) is 26.7 Å². The first-order valence-electron chi connectivity index (χ1n) is 7.65. The number of rotatable bonds is 10. The summed E-state index contributed by atoms with van der Waals surface area (Å²) in [5.41, 5.74) is 0. The Balaban J connectivity index is 5.57. The predicted molar refractivity (Wildman–Crippen MR) is 81.8 cm³/mol. The van der Waals surface area contributed by atoms with E-state index in [0.717, 1.165) is 12.8 Å². The Morgan fingerprint density at radius 3 is 1.65 bits per heavy atom. The number of carbonyl (C=O) groups is 1. The Kier molecular flexibility index (Phi) is 8.64. The molecule has 0 radical (unpaired) electrons. The molecule has 0 aromatic carbocycles. The van der Waals surface area contributed by atoms with Gasteiger partial charge in [-0.15, -0.1) is 0 Å². The fraction of sp³-hybridized carbons (Fsp3) is 0.929. The van der Waals surface area contributed by atoms with Crippen molar-refractivity contribution in [2.24, 2.45) is 0 Å². The molecule has 5 nitrogen and oxygen atoms in total. The predicted octanol–water partition coefficient (Wildman–Crippen LogP) is 3.15. The fourth-order valence-corrected chi connectivity index (χ4v) is 3.79. The monoisotopic (exact) mass is 307 g/mol. The zero-order valence-corrected chi connectivity index (χ0v) is 14.2. The smallest absolute Gasteiger partial charge is 0.341 e. The fourth-order valence-electron chi connectivity index (χ4n) is 2.50. The third kappa shape index (κ3) is 4.57. The lowest BCUT2D eigenvalue weighted by Gasteiger charge is -2.37. The lowest BCUT2D eigenvalue weighted by atomic mass is 9.93. The molecule has 2 N–H and O–H groups in total. The molecule has 1 amide bonds. The topological polar surface area (TPSA) is 77.8 Å². The van der Waals surface area contributed by atoms with Gasteiger partial charge < -0.3 is 14.7 Å². The van der Waals surface area contributed by atoms with Crippen LogP contribution in [0.2, 0.25) is 0 Å². The van der Waals surface area contributed by atoms with Gasteiger partial charge in [-0.2, -0.15) is 0 Å². The Morgan fingerprint density at radius 2 is 1.40 bits per heavy atom. The maximum atomic E-state index is 12.7. The Hall–Kier alpha value is -0.380. The van der Waals surface area contributed by atoms with Crippen molar-refractivity contribution in [1.82, 2.24) is 4.90 Å². The average molecular weight is 307 g/mol. The van der Waals surface area contributed by atoms with Gasteiger partial charge in [-0.1, -0.05) is 39.5 Å². The van der Waals surface area contributed by atoms with Crippen molar-refractivity contribution in [2.75, 3.05) is 13.1 Å². The molecule has 0 atom stereocenters. The molecule has 0 aliphatic heterocycles. The maximum absolute atomic E-state index is 12.7. The molecule has 0 aliphatic carbocycles. The number of hydrogen-bond acceptors (Lipinski definition) is 2. The zero-order valence-electron chi connectivity index (χ0n) is 13.3. The molecule has 0 aromatic heterocycles. The first-order chi connectivity index (χ1) is 9.30. The van der Waals surface area contributed by atoms with Crippen molar-refractivity contribution in [2.45, 2.75) is 71.4 Å². The van der Waals surface area contributed by atoms with Crippen LogP contribution in [-0.4, -0.2) is 38.8 Å². The van der Waals surface area contributed by atoms with Crippen molar-refractivity contribution in [3.05, 3.63) is 0 Å². The van der Waals surface area contributed by atoms with Crippen LogP contribution in [0.3, 0.4) is 0 Å². The summed E-state index contributed by atoms with van der Waals surface area (Å²) in [7, 11) is -4.49. The number of nitrogens with zero attached hydrogens (tertiary/aromatic N) is 1. The molecule has 6 heteroatoms. The van der Waals surface area contributed by atoms with Gasteiger partial charge in [0.15, 0.2) is 5.16 Å². The summed E-state index contributed by atoms with van der Waals surface area (Å²) in [4.78, 5) is 34.0. The van der Waals surface area contributed by atoms with Gasteiger partial charge >= 0.3 is 7.60 Å². The highest BCUT2D eigenvalue weighted by atomic mass is 31.2. The van der Waals surface area contributed by atoms with Gasteiger partial charge in [-0.3, -0.25) is 9.36 Å². The van der Waals surface area contributed by atoms with Crippen LogP contribution in [-0.2, 0) is 9.36 Å². The summed E-state index contributed by atoms with van der Waals surface area (Å²) < 4.78 is 12.1. The first kappa shape index (κ1) is 19.6. The van der Waals surface area contributed by atoms with Crippen molar-refractivity contribution in [1.29, 1.82) is 0 Å². The van der Waals surface area contributed by atoms with Crippen molar-refractivity contribution >= 4 is 13.5 Å². The number of carbonyl (C=O) groups excluding carboxylic acids is 1. The summed E-state index contributed by atoms with van der Waals surface area (Å²) in [5.74, 6) is -0.377. The SMILES string of the molecule is CCCCC(CCCC)(C(=O)N(CC)CC)P(=O)(O)O. The molecule has 0 saturated heterocycles. The van der Waals surface area contributed by atoms with Gasteiger partial charge in [0.2, 0.25) is 5.91 Å². The van der Waals surface area contributed by atoms with Gasteiger partial charge in [-0.25, -0.2) is 0 Å². The molecule has 0 aliphatic rings. The lowest BCUT2D eigenvalue weighted by molar-refractivity contribution is -0.134. The third-order valence-electron chi connectivity index (χ3n) is 3.89. The van der Waals surface area contributed by atoms with E-state index in [-0.39, 0.29) is 18.7 Å². The third-order valence-corrected chi connectivity index (χ3v) is 5.65. The van der Waals surface area contributed by atoms with Crippen LogP contribution < -0.4 is 0 Å². The number of amides is 1. The molecule has 0 unspecified atom stereocenters. The van der Waals surface area contributed by atoms with Gasteiger partial charge in [0.05, 0.1) is 0 Å².